The Bertz CT molecular complexity index is 1750. The van der Waals surface area contributed by atoms with Crippen LogP contribution in [0, 0.1) is 0 Å². The molecule has 4 aromatic carbocycles. The monoisotopic (exact) mass is 865 g/mol. The van der Waals surface area contributed by atoms with Crippen molar-refractivity contribution in [1.29, 1.82) is 0 Å². The van der Waals surface area contributed by atoms with Gasteiger partial charge in [-0.3, -0.25) is 0 Å². The molecule has 330 valence electrons. The molecule has 0 fully saturated rings. The topological polar surface area (TPSA) is 0 Å². The Balaban J connectivity index is 2.23. The summed E-state index contributed by atoms with van der Waals surface area (Å²) in [4.78, 5) is 0. The first-order valence-electron chi connectivity index (χ1n) is 23.4. The van der Waals surface area contributed by atoms with Crippen molar-refractivity contribution < 1.29 is 0 Å². The number of rotatable bonds is 15. The minimum absolute atomic E-state index is 0.0483. The second-order valence-corrected chi connectivity index (χ2v) is 33.0. The molecule has 0 saturated heterocycles. The van der Waals surface area contributed by atoms with E-state index in [4.69, 9.17) is 0 Å². The molecule has 0 aliphatic carbocycles. The van der Waals surface area contributed by atoms with E-state index in [0.29, 0.717) is 34.0 Å². The molecule has 0 N–H and O–H groups in total. The van der Waals surface area contributed by atoms with E-state index in [-0.39, 0.29) is 40.0 Å². The highest BCUT2D eigenvalue weighted by Crippen LogP contribution is 2.54. The van der Waals surface area contributed by atoms with E-state index in [2.05, 4.69) is 218 Å². The minimum atomic E-state index is -0.188. The van der Waals surface area contributed by atoms with Gasteiger partial charge in [-0.15, -0.1) is 0 Å². The van der Waals surface area contributed by atoms with Gasteiger partial charge in [-0.25, -0.2) is 0 Å². The third-order valence-electron chi connectivity index (χ3n) is 12.8. The normalized spacial score (nSPS) is 13.3. The lowest BCUT2D eigenvalue weighted by Crippen LogP contribution is -2.13. The molecule has 0 nitrogen and oxygen atoms in total. The van der Waals surface area contributed by atoms with Gasteiger partial charge in [0.2, 0.25) is 0 Å². The molecule has 0 aromatic heterocycles. The molecular weight excluding hydrogens is 778 g/mol. The van der Waals surface area contributed by atoms with Gasteiger partial charge in [-0.05, 0) is 154 Å². The van der Waals surface area contributed by atoms with E-state index in [1.165, 1.54) is 66.8 Å². The average Bonchev–Trinajstić information content (AvgIpc) is 3.12. The quantitative estimate of drug-likeness (QED) is 0.104. The molecule has 0 saturated carbocycles. The summed E-state index contributed by atoms with van der Waals surface area (Å²) >= 11 is 0. The third-order valence-corrected chi connectivity index (χ3v) is 22.9. The van der Waals surface area contributed by atoms with Crippen molar-refractivity contribution in [3.05, 3.63) is 106 Å². The molecular formula is C57H87P3. The lowest BCUT2D eigenvalue weighted by atomic mass is 9.81. The molecule has 60 heavy (non-hydrogen) atoms. The second-order valence-electron chi connectivity index (χ2n) is 22.7. The van der Waals surface area contributed by atoms with Crippen LogP contribution in [0.1, 0.15) is 179 Å². The van der Waals surface area contributed by atoms with E-state index < -0.39 is 0 Å². The third kappa shape index (κ3) is 12.9. The summed E-state index contributed by atoms with van der Waals surface area (Å²) in [5.74, 6) is 0. The fraction of sp³-hybridized carbons (Fsp3) is 0.579. The Hall–Kier alpha value is -1.83. The van der Waals surface area contributed by atoms with Gasteiger partial charge in [0.05, 0.1) is 0 Å². The summed E-state index contributed by atoms with van der Waals surface area (Å²) in [6.07, 6.45) is 3.46. The Labute approximate surface area is 375 Å². The zero-order valence-corrected chi connectivity index (χ0v) is 45.0. The van der Waals surface area contributed by atoms with Gasteiger partial charge in [0.25, 0.3) is 0 Å². The molecule has 4 aromatic rings. The molecule has 0 radical (unpaired) electrons. The molecule has 0 amide bonds. The zero-order chi connectivity index (χ0) is 45.2. The largest absolute Gasteiger partial charge is 0.0969 e. The molecule has 4 rings (SSSR count). The van der Waals surface area contributed by atoms with E-state index in [1.807, 2.05) is 0 Å². The minimum Gasteiger partial charge on any atom is -0.0969 e. The first-order valence-corrected chi connectivity index (χ1v) is 28.4. The van der Waals surface area contributed by atoms with E-state index in [9.17, 15) is 0 Å². The average molecular weight is 865 g/mol. The maximum absolute atomic E-state index is 2.60. The SMILES string of the molecule is CC(C)P(Cc1ccc(C(C)(C)C)cc1-c1cc(-c2cc(C(C)(C)C)ccc2CP(C(C)C)C(C)C)cc(-c2cc(C(C)(C)C)ccc2CP(C(C)C)C(C)C)c1)C(C)C. The maximum Gasteiger partial charge on any atom is -0.00623 e. The zero-order valence-electron chi connectivity index (χ0n) is 42.4. The molecule has 0 unspecified atom stereocenters. The first kappa shape index (κ1) is 50.8. The van der Waals surface area contributed by atoms with Gasteiger partial charge in [-0.1, -0.05) is 224 Å². The highest BCUT2D eigenvalue weighted by molar-refractivity contribution is 7.58. The highest BCUT2D eigenvalue weighted by Gasteiger charge is 2.27. The molecule has 0 spiro atoms. The molecule has 0 aliphatic heterocycles. The molecule has 0 bridgehead atoms. The van der Waals surface area contributed by atoms with Crippen LogP contribution in [-0.4, -0.2) is 34.0 Å². The molecule has 0 aliphatic rings. The van der Waals surface area contributed by atoms with Crippen LogP contribution < -0.4 is 0 Å². The summed E-state index contributed by atoms with van der Waals surface area (Å²) in [5.41, 5.74) is 21.4. The van der Waals surface area contributed by atoms with Gasteiger partial charge < -0.3 is 0 Å². The lowest BCUT2D eigenvalue weighted by Gasteiger charge is -2.30. The summed E-state index contributed by atoms with van der Waals surface area (Å²) < 4.78 is 0. The van der Waals surface area contributed by atoms with Crippen LogP contribution in [0.2, 0.25) is 0 Å². The first-order chi connectivity index (χ1) is 27.6. The van der Waals surface area contributed by atoms with Crippen molar-refractivity contribution in [1.82, 2.24) is 0 Å². The second kappa shape index (κ2) is 20.3. The van der Waals surface area contributed by atoms with Crippen LogP contribution in [0.3, 0.4) is 0 Å². The van der Waals surface area contributed by atoms with Gasteiger partial charge in [0, 0.05) is 0 Å². The summed E-state index contributed by atoms with van der Waals surface area (Å²) in [7, 11) is -0.565. The predicted molar refractivity (Wildman–Crippen MR) is 282 cm³/mol. The van der Waals surface area contributed by atoms with E-state index in [0.717, 1.165) is 18.5 Å². The van der Waals surface area contributed by atoms with Gasteiger partial charge in [0.15, 0.2) is 0 Å². The standard InChI is InChI=1S/C57H87P3/c1-37(2)58(38(3)4)34-43-22-25-49(55(13,14)15)31-52(43)46-28-47(53-32-50(56(16,17)18)26-23-44(53)35-59(39(5)6)40(7)8)30-48(29-46)54-33-51(57(19,20)21)27-24-45(54)36-60(41(9)10)42(11)12/h22-33,37-42H,34-36H2,1-21H3. The predicted octanol–water partition coefficient (Wildman–Crippen LogP) is 19.0. The van der Waals surface area contributed by atoms with Crippen LogP contribution in [0.15, 0.2) is 72.8 Å². The van der Waals surface area contributed by atoms with Crippen LogP contribution >= 0.6 is 23.8 Å². The van der Waals surface area contributed by atoms with Crippen molar-refractivity contribution in [3.63, 3.8) is 0 Å². The van der Waals surface area contributed by atoms with Crippen molar-refractivity contribution in [2.45, 2.75) is 214 Å². The van der Waals surface area contributed by atoms with Crippen molar-refractivity contribution in [2.24, 2.45) is 0 Å². The van der Waals surface area contributed by atoms with Crippen molar-refractivity contribution >= 4 is 23.8 Å². The Kier molecular flexibility index (Phi) is 17.2. The van der Waals surface area contributed by atoms with Gasteiger partial charge >= 0.3 is 0 Å². The number of hydrogen-bond donors (Lipinski definition) is 0. The summed E-state index contributed by atoms with van der Waals surface area (Å²) in [6.45, 7) is 50.8. The smallest absolute Gasteiger partial charge is 0.00623 e. The Morgan fingerprint density at radius 3 is 0.683 bits per heavy atom. The number of hydrogen-bond acceptors (Lipinski definition) is 0. The van der Waals surface area contributed by atoms with Crippen molar-refractivity contribution in [2.75, 3.05) is 0 Å². The fourth-order valence-corrected chi connectivity index (χ4v) is 16.7. The lowest BCUT2D eigenvalue weighted by molar-refractivity contribution is 0.590. The van der Waals surface area contributed by atoms with Crippen LogP contribution in [0.4, 0.5) is 0 Å². The Morgan fingerprint density at radius 1 is 0.317 bits per heavy atom. The van der Waals surface area contributed by atoms with Crippen LogP contribution in [0.5, 0.6) is 0 Å². The van der Waals surface area contributed by atoms with Crippen molar-refractivity contribution in [3.8, 4) is 33.4 Å². The number of benzene rings is 4. The van der Waals surface area contributed by atoms with Gasteiger partial charge in [0.1, 0.15) is 0 Å². The van der Waals surface area contributed by atoms with Gasteiger partial charge in [-0.2, -0.15) is 0 Å². The van der Waals surface area contributed by atoms with E-state index >= 15 is 0 Å². The molecule has 0 heterocycles. The molecule has 0 atom stereocenters. The maximum atomic E-state index is 2.60. The van der Waals surface area contributed by atoms with Crippen LogP contribution in [0.25, 0.3) is 33.4 Å². The van der Waals surface area contributed by atoms with Crippen LogP contribution in [-0.2, 0) is 34.7 Å². The Morgan fingerprint density at radius 2 is 0.517 bits per heavy atom. The fourth-order valence-electron chi connectivity index (χ4n) is 8.92. The summed E-state index contributed by atoms with van der Waals surface area (Å²) in [6, 6.07) is 30.4. The highest BCUT2D eigenvalue weighted by atomic mass is 31.1. The van der Waals surface area contributed by atoms with E-state index in [1.54, 1.807) is 0 Å². The molecule has 3 heteroatoms. The summed E-state index contributed by atoms with van der Waals surface area (Å²) in [5, 5.41) is 0.